The fourth-order valence-electron chi connectivity index (χ4n) is 1.89. The molecule has 7 nitrogen and oxygen atoms in total. The lowest BCUT2D eigenvalue weighted by Gasteiger charge is -2.29. The summed E-state index contributed by atoms with van der Waals surface area (Å²) in [5, 5.41) is 12.1. The van der Waals surface area contributed by atoms with Crippen molar-refractivity contribution in [1.29, 1.82) is 0 Å². The second-order valence-electron chi connectivity index (χ2n) is 4.27. The first kappa shape index (κ1) is 12.2. The molecule has 1 fully saturated rings. The summed E-state index contributed by atoms with van der Waals surface area (Å²) in [5.74, 6) is -0.699. The van der Waals surface area contributed by atoms with Crippen LogP contribution in [0.5, 0.6) is 0 Å². The largest absolute Gasteiger partial charge is 0.479 e. The van der Waals surface area contributed by atoms with Crippen LogP contribution in [0.1, 0.15) is 19.3 Å². The predicted molar refractivity (Wildman–Crippen MR) is 57.3 cm³/mol. The number of ether oxygens (including phenoxy) is 1. The highest BCUT2D eigenvalue weighted by molar-refractivity contribution is 7.91. The zero-order chi connectivity index (χ0) is 12.5. The molecule has 0 radical (unpaired) electrons. The molecule has 0 aromatic carbocycles. The van der Waals surface area contributed by atoms with Gasteiger partial charge in [0.2, 0.25) is 5.90 Å². The summed E-state index contributed by atoms with van der Waals surface area (Å²) in [6.07, 6.45) is 1.09. The van der Waals surface area contributed by atoms with Crippen LogP contribution in [0.4, 0.5) is 0 Å². The van der Waals surface area contributed by atoms with E-state index in [1.807, 2.05) is 0 Å². The number of carbonyl (C=O) groups is 1. The molecule has 1 spiro atoms. The lowest BCUT2D eigenvalue weighted by atomic mass is 9.93. The van der Waals surface area contributed by atoms with Crippen molar-refractivity contribution in [3.63, 3.8) is 0 Å². The first-order chi connectivity index (χ1) is 7.91. The van der Waals surface area contributed by atoms with Gasteiger partial charge in [-0.15, -0.1) is 0 Å². The molecule has 2 rings (SSSR count). The van der Waals surface area contributed by atoms with E-state index in [1.165, 1.54) is 0 Å². The van der Waals surface area contributed by atoms with Gasteiger partial charge in [0.1, 0.15) is 5.60 Å². The third-order valence-corrected chi connectivity index (χ3v) is 4.57. The molecule has 1 saturated heterocycles. The van der Waals surface area contributed by atoms with Crippen molar-refractivity contribution in [2.45, 2.75) is 24.9 Å². The maximum Gasteiger partial charge on any atom is 0.341 e. The minimum Gasteiger partial charge on any atom is -0.479 e. The molecule has 0 saturated carbocycles. The lowest BCUT2D eigenvalue weighted by Crippen LogP contribution is -2.39. The van der Waals surface area contributed by atoms with E-state index >= 15 is 0 Å². The first-order valence-electron chi connectivity index (χ1n) is 5.21. The standard InChI is InChI=1S/C9H13NO6S/c11-8(12)6-15-7-5-9(16-10-7)1-3-17(13,14)4-2-9/h1-6H2,(H,11,12). The molecule has 0 unspecified atom stereocenters. The molecule has 8 heteroatoms. The Morgan fingerprint density at radius 3 is 2.71 bits per heavy atom. The van der Waals surface area contributed by atoms with Gasteiger partial charge in [-0.05, 0) is 0 Å². The van der Waals surface area contributed by atoms with Crippen molar-refractivity contribution in [2.24, 2.45) is 5.16 Å². The lowest BCUT2D eigenvalue weighted by molar-refractivity contribution is -0.139. The van der Waals surface area contributed by atoms with Crippen molar-refractivity contribution >= 4 is 21.7 Å². The smallest absolute Gasteiger partial charge is 0.341 e. The van der Waals surface area contributed by atoms with Crippen LogP contribution in [0.25, 0.3) is 0 Å². The zero-order valence-corrected chi connectivity index (χ0v) is 9.90. The Labute approximate surface area is 98.3 Å². The van der Waals surface area contributed by atoms with Gasteiger partial charge < -0.3 is 14.7 Å². The van der Waals surface area contributed by atoms with Crippen LogP contribution >= 0.6 is 0 Å². The average molecular weight is 263 g/mol. The van der Waals surface area contributed by atoms with E-state index in [0.717, 1.165) is 0 Å². The number of hydrogen-bond donors (Lipinski definition) is 1. The van der Waals surface area contributed by atoms with Gasteiger partial charge in [-0.1, -0.05) is 5.16 Å². The zero-order valence-electron chi connectivity index (χ0n) is 9.09. The number of carboxylic acid groups (broad SMARTS) is 1. The highest BCUT2D eigenvalue weighted by atomic mass is 32.2. The first-order valence-corrected chi connectivity index (χ1v) is 7.03. The third kappa shape index (κ3) is 2.87. The molecule has 0 amide bonds. The second kappa shape index (κ2) is 4.17. The summed E-state index contributed by atoms with van der Waals surface area (Å²) in [6.45, 7) is -0.462. The van der Waals surface area contributed by atoms with Crippen LogP contribution in [0.2, 0.25) is 0 Å². The van der Waals surface area contributed by atoms with Crippen LogP contribution in [-0.4, -0.2) is 49.1 Å². The average Bonchev–Trinajstić information content (AvgIpc) is 2.65. The van der Waals surface area contributed by atoms with Gasteiger partial charge in [-0.3, -0.25) is 0 Å². The Bertz CT molecular complexity index is 440. The molecule has 2 heterocycles. The molecule has 0 aromatic rings. The van der Waals surface area contributed by atoms with E-state index in [0.29, 0.717) is 19.3 Å². The SMILES string of the molecule is O=C(O)COC1=NOC2(CCS(=O)(=O)CC2)C1. The highest BCUT2D eigenvalue weighted by Gasteiger charge is 2.44. The third-order valence-electron chi connectivity index (χ3n) is 2.91. The molecular formula is C9H13NO6S. The van der Waals surface area contributed by atoms with Crippen LogP contribution in [0.15, 0.2) is 5.16 Å². The van der Waals surface area contributed by atoms with Crippen molar-refractivity contribution < 1.29 is 27.9 Å². The van der Waals surface area contributed by atoms with Crippen LogP contribution < -0.4 is 0 Å². The summed E-state index contributed by atoms with van der Waals surface area (Å²) in [5.41, 5.74) is -0.612. The molecule has 0 bridgehead atoms. The molecule has 2 aliphatic rings. The topological polar surface area (TPSA) is 102 Å². The fourth-order valence-corrected chi connectivity index (χ4v) is 3.46. The monoisotopic (exact) mass is 263 g/mol. The van der Waals surface area contributed by atoms with Crippen molar-refractivity contribution in [3.05, 3.63) is 0 Å². The van der Waals surface area contributed by atoms with E-state index in [4.69, 9.17) is 14.7 Å². The molecule has 0 aliphatic carbocycles. The molecule has 0 aromatic heterocycles. The summed E-state index contributed by atoms with van der Waals surface area (Å²) in [4.78, 5) is 15.5. The molecule has 0 atom stereocenters. The van der Waals surface area contributed by atoms with Gasteiger partial charge in [0, 0.05) is 12.8 Å². The number of nitrogens with zero attached hydrogens (tertiary/aromatic N) is 1. The van der Waals surface area contributed by atoms with Crippen LogP contribution in [0.3, 0.4) is 0 Å². The normalized spacial score (nSPS) is 25.1. The Morgan fingerprint density at radius 1 is 1.47 bits per heavy atom. The van der Waals surface area contributed by atoms with Gasteiger partial charge in [-0.25, -0.2) is 13.2 Å². The minimum atomic E-state index is -2.96. The van der Waals surface area contributed by atoms with E-state index in [1.54, 1.807) is 0 Å². The Balaban J connectivity index is 1.89. The highest BCUT2D eigenvalue weighted by Crippen LogP contribution is 2.35. The quantitative estimate of drug-likeness (QED) is 0.738. The fraction of sp³-hybridized carbons (Fsp3) is 0.778. The van der Waals surface area contributed by atoms with E-state index < -0.39 is 28.0 Å². The van der Waals surface area contributed by atoms with Gasteiger partial charge in [0.25, 0.3) is 0 Å². The van der Waals surface area contributed by atoms with Gasteiger partial charge >= 0.3 is 5.97 Å². The summed E-state index contributed by atoms with van der Waals surface area (Å²) in [6, 6.07) is 0. The van der Waals surface area contributed by atoms with Crippen molar-refractivity contribution in [2.75, 3.05) is 18.1 Å². The van der Waals surface area contributed by atoms with Crippen LogP contribution in [-0.2, 0) is 24.2 Å². The Morgan fingerprint density at radius 2 is 2.12 bits per heavy atom. The Kier molecular flexibility index (Phi) is 2.98. The van der Waals surface area contributed by atoms with E-state index in [-0.39, 0.29) is 17.4 Å². The van der Waals surface area contributed by atoms with Gasteiger partial charge in [0.15, 0.2) is 16.4 Å². The van der Waals surface area contributed by atoms with E-state index in [2.05, 4.69) is 5.16 Å². The number of rotatable bonds is 2. The molecule has 96 valence electrons. The second-order valence-corrected chi connectivity index (χ2v) is 6.57. The predicted octanol–water partition coefficient (Wildman–Crippen LogP) is -0.231. The number of carboxylic acids is 1. The number of aliphatic carboxylic acids is 1. The maximum atomic E-state index is 11.3. The molecular weight excluding hydrogens is 250 g/mol. The number of hydrogen-bond acceptors (Lipinski definition) is 6. The van der Waals surface area contributed by atoms with Crippen molar-refractivity contribution in [3.8, 4) is 0 Å². The van der Waals surface area contributed by atoms with E-state index in [9.17, 15) is 13.2 Å². The van der Waals surface area contributed by atoms with Gasteiger partial charge in [0.05, 0.1) is 17.9 Å². The van der Waals surface area contributed by atoms with Crippen molar-refractivity contribution in [1.82, 2.24) is 0 Å². The molecule has 17 heavy (non-hydrogen) atoms. The summed E-state index contributed by atoms with van der Waals surface area (Å²) >= 11 is 0. The molecule has 1 N–H and O–H groups in total. The Hall–Kier alpha value is -1.31. The van der Waals surface area contributed by atoms with Crippen LogP contribution in [0, 0.1) is 0 Å². The number of oxime groups is 1. The summed E-state index contributed by atoms with van der Waals surface area (Å²) < 4.78 is 27.5. The minimum absolute atomic E-state index is 0.0781. The van der Waals surface area contributed by atoms with Gasteiger partial charge in [-0.2, -0.15) is 0 Å². The maximum absolute atomic E-state index is 11.3. The summed E-state index contributed by atoms with van der Waals surface area (Å²) in [7, 11) is -2.96. The number of sulfone groups is 1. The molecule has 2 aliphatic heterocycles.